The summed E-state index contributed by atoms with van der Waals surface area (Å²) >= 11 is 2.96. The summed E-state index contributed by atoms with van der Waals surface area (Å²) in [6.07, 6.45) is 5.92. The molecule has 0 saturated carbocycles. The van der Waals surface area contributed by atoms with E-state index in [1.165, 1.54) is 22.2 Å². The lowest BCUT2D eigenvalue weighted by molar-refractivity contribution is -0.113. The number of nitrogens with one attached hydrogen (secondary N) is 1. The molecular formula is C29H31N3O2S2. The highest BCUT2D eigenvalue weighted by Crippen LogP contribution is 2.35. The first-order chi connectivity index (χ1) is 17.5. The fourth-order valence-corrected chi connectivity index (χ4v) is 7.03. The van der Waals surface area contributed by atoms with Crippen molar-refractivity contribution in [1.29, 1.82) is 0 Å². The number of thioether (sulfide) groups is 1. The Labute approximate surface area is 220 Å². The van der Waals surface area contributed by atoms with Gasteiger partial charge in [-0.2, -0.15) is 0 Å². The van der Waals surface area contributed by atoms with E-state index in [4.69, 9.17) is 4.98 Å². The van der Waals surface area contributed by atoms with Gasteiger partial charge in [-0.05, 0) is 74.3 Å². The van der Waals surface area contributed by atoms with Gasteiger partial charge in [0.2, 0.25) is 5.91 Å². The second kappa shape index (κ2) is 10.6. The van der Waals surface area contributed by atoms with Crippen molar-refractivity contribution in [3.63, 3.8) is 0 Å². The van der Waals surface area contributed by atoms with Gasteiger partial charge in [0.1, 0.15) is 4.83 Å². The molecule has 1 aliphatic rings. The van der Waals surface area contributed by atoms with Crippen LogP contribution in [0.5, 0.6) is 0 Å². The van der Waals surface area contributed by atoms with E-state index in [-0.39, 0.29) is 17.2 Å². The highest BCUT2D eigenvalue weighted by molar-refractivity contribution is 7.99. The van der Waals surface area contributed by atoms with Crippen LogP contribution in [0.4, 0.5) is 5.69 Å². The van der Waals surface area contributed by atoms with Gasteiger partial charge in [0.25, 0.3) is 5.56 Å². The molecule has 0 atom stereocenters. The zero-order chi connectivity index (χ0) is 25.2. The third-order valence-electron chi connectivity index (χ3n) is 6.85. The summed E-state index contributed by atoms with van der Waals surface area (Å²) in [4.78, 5) is 34.0. The van der Waals surface area contributed by atoms with Gasteiger partial charge in [-0.1, -0.05) is 61.5 Å². The molecule has 4 aromatic rings. The molecule has 1 amide bonds. The van der Waals surface area contributed by atoms with Crippen LogP contribution >= 0.6 is 23.1 Å². The average molecular weight is 518 g/mol. The van der Waals surface area contributed by atoms with Gasteiger partial charge < -0.3 is 5.32 Å². The largest absolute Gasteiger partial charge is 0.325 e. The molecule has 5 rings (SSSR count). The molecule has 5 nitrogen and oxygen atoms in total. The number of thiophene rings is 1. The number of rotatable bonds is 7. The maximum Gasteiger partial charge on any atom is 0.267 e. The fourth-order valence-electron chi connectivity index (χ4n) is 4.91. The number of fused-ring (bicyclic) bond motifs is 3. The second-order valence-corrected chi connectivity index (χ2v) is 11.3. The number of amides is 1. The highest BCUT2D eigenvalue weighted by atomic mass is 32.2. The molecule has 1 N–H and O–H groups in total. The second-order valence-electron chi connectivity index (χ2n) is 9.26. The van der Waals surface area contributed by atoms with Crippen LogP contribution in [0, 0.1) is 6.92 Å². The predicted octanol–water partition coefficient (Wildman–Crippen LogP) is 6.49. The zero-order valence-electron chi connectivity index (χ0n) is 21.0. The predicted molar refractivity (Wildman–Crippen MR) is 151 cm³/mol. The number of aryl methyl sites for hydroxylation is 5. The van der Waals surface area contributed by atoms with Gasteiger partial charge in [0.05, 0.1) is 16.8 Å². The number of aromatic nitrogens is 2. The van der Waals surface area contributed by atoms with Gasteiger partial charge in [0, 0.05) is 10.6 Å². The summed E-state index contributed by atoms with van der Waals surface area (Å²) in [5, 5.41) is 4.45. The van der Waals surface area contributed by atoms with Crippen molar-refractivity contribution >= 4 is 44.9 Å². The smallest absolute Gasteiger partial charge is 0.267 e. The van der Waals surface area contributed by atoms with Crippen LogP contribution in [0.3, 0.4) is 0 Å². The Bertz CT molecular complexity index is 1460. The Morgan fingerprint density at radius 2 is 1.75 bits per heavy atom. The first kappa shape index (κ1) is 24.8. The number of para-hydroxylation sites is 1. The number of hydrogen-bond acceptors (Lipinski definition) is 5. The summed E-state index contributed by atoms with van der Waals surface area (Å²) < 4.78 is 1.69. The van der Waals surface area contributed by atoms with Crippen LogP contribution in [-0.4, -0.2) is 21.2 Å². The van der Waals surface area contributed by atoms with E-state index in [2.05, 4.69) is 31.3 Å². The number of anilines is 1. The molecule has 0 bridgehead atoms. The van der Waals surface area contributed by atoms with Crippen LogP contribution < -0.4 is 10.9 Å². The minimum absolute atomic E-state index is 0.0317. The topological polar surface area (TPSA) is 64.0 Å². The molecular weight excluding hydrogens is 486 g/mol. The lowest BCUT2D eigenvalue weighted by atomic mass is 9.97. The molecule has 0 saturated heterocycles. The van der Waals surface area contributed by atoms with E-state index >= 15 is 0 Å². The van der Waals surface area contributed by atoms with Gasteiger partial charge in [-0.15, -0.1) is 11.3 Å². The van der Waals surface area contributed by atoms with Gasteiger partial charge in [0.15, 0.2) is 5.16 Å². The lowest BCUT2D eigenvalue weighted by Crippen LogP contribution is -2.23. The summed E-state index contributed by atoms with van der Waals surface area (Å²) in [6.45, 7) is 6.22. The maximum absolute atomic E-state index is 13.9. The maximum atomic E-state index is 13.9. The van der Waals surface area contributed by atoms with Crippen molar-refractivity contribution in [2.45, 2.75) is 64.5 Å². The molecule has 2 aromatic heterocycles. The van der Waals surface area contributed by atoms with E-state index in [9.17, 15) is 9.59 Å². The number of benzene rings is 2. The van der Waals surface area contributed by atoms with Crippen LogP contribution in [0.2, 0.25) is 0 Å². The Balaban J connectivity index is 1.51. The Morgan fingerprint density at radius 1 is 1.06 bits per heavy atom. The zero-order valence-corrected chi connectivity index (χ0v) is 22.7. The molecule has 36 heavy (non-hydrogen) atoms. The third-order valence-corrected chi connectivity index (χ3v) is 8.97. The quantitative estimate of drug-likeness (QED) is 0.225. The molecule has 0 fully saturated rings. The van der Waals surface area contributed by atoms with Crippen molar-refractivity contribution in [1.82, 2.24) is 9.55 Å². The molecule has 0 radical (unpaired) electrons. The van der Waals surface area contributed by atoms with E-state index in [1.54, 1.807) is 15.9 Å². The average Bonchev–Trinajstić information content (AvgIpc) is 3.27. The van der Waals surface area contributed by atoms with Gasteiger partial charge in [-0.3, -0.25) is 14.2 Å². The molecule has 2 heterocycles. The summed E-state index contributed by atoms with van der Waals surface area (Å²) in [6, 6.07) is 14.1. The molecule has 0 aliphatic heterocycles. The minimum Gasteiger partial charge on any atom is -0.325 e. The van der Waals surface area contributed by atoms with E-state index in [0.29, 0.717) is 5.16 Å². The standard InChI is InChI=1S/C29H31N3O2S2/c1-4-19-9-8-10-20(5-2)26(19)30-24(33)17-35-29-31-27-25(22-11-6-7-12-23(22)36-27)28(34)32(29)21-15-13-18(3)14-16-21/h8-10,13-16H,4-7,11-12,17H2,1-3H3,(H,30,33). The van der Waals surface area contributed by atoms with Crippen LogP contribution in [0.1, 0.15) is 53.8 Å². The molecule has 0 unspecified atom stereocenters. The van der Waals surface area contributed by atoms with Crippen molar-refractivity contribution in [3.05, 3.63) is 79.9 Å². The van der Waals surface area contributed by atoms with Gasteiger partial charge >= 0.3 is 0 Å². The molecule has 1 aliphatic carbocycles. The number of carbonyl (C=O) groups is 1. The molecule has 186 valence electrons. The third kappa shape index (κ3) is 4.74. The normalized spacial score (nSPS) is 13.1. The van der Waals surface area contributed by atoms with Crippen molar-refractivity contribution < 1.29 is 4.79 Å². The van der Waals surface area contributed by atoms with Crippen molar-refractivity contribution in [2.75, 3.05) is 11.1 Å². The lowest BCUT2D eigenvalue weighted by Gasteiger charge is -2.15. The van der Waals surface area contributed by atoms with E-state index in [1.807, 2.05) is 37.3 Å². The first-order valence-corrected chi connectivity index (χ1v) is 14.5. The summed E-state index contributed by atoms with van der Waals surface area (Å²) in [5.74, 6) is 0.0849. The molecule has 2 aromatic carbocycles. The Hall–Kier alpha value is -2.90. The Morgan fingerprint density at radius 3 is 2.44 bits per heavy atom. The Kier molecular flexibility index (Phi) is 7.30. The van der Waals surface area contributed by atoms with Crippen LogP contribution in [-0.2, 0) is 30.5 Å². The number of carbonyl (C=O) groups excluding carboxylic acids is 1. The minimum atomic E-state index is -0.0918. The fraction of sp³-hybridized carbons (Fsp3) is 0.345. The number of nitrogens with zero attached hydrogens (tertiary/aromatic N) is 2. The number of hydrogen-bond donors (Lipinski definition) is 1. The SMILES string of the molecule is CCc1cccc(CC)c1NC(=O)CSc1nc2sc3c(c2c(=O)n1-c1ccc(C)cc1)CCCC3. The van der Waals surface area contributed by atoms with Crippen molar-refractivity contribution in [3.8, 4) is 5.69 Å². The van der Waals surface area contributed by atoms with Crippen molar-refractivity contribution in [2.24, 2.45) is 0 Å². The molecule has 0 spiro atoms. The molecule has 7 heteroatoms. The van der Waals surface area contributed by atoms with Crippen LogP contribution in [0.25, 0.3) is 15.9 Å². The van der Waals surface area contributed by atoms with Crippen LogP contribution in [0.15, 0.2) is 52.4 Å². The van der Waals surface area contributed by atoms with Gasteiger partial charge in [-0.25, -0.2) is 4.98 Å². The first-order valence-electron chi connectivity index (χ1n) is 12.7. The van der Waals surface area contributed by atoms with E-state index < -0.39 is 0 Å². The summed E-state index contributed by atoms with van der Waals surface area (Å²) in [5.41, 5.74) is 6.24. The van der Waals surface area contributed by atoms with E-state index in [0.717, 1.165) is 76.8 Å². The summed E-state index contributed by atoms with van der Waals surface area (Å²) in [7, 11) is 0. The highest BCUT2D eigenvalue weighted by Gasteiger charge is 2.23. The monoisotopic (exact) mass is 517 g/mol.